The maximum absolute atomic E-state index is 12.5. The highest BCUT2D eigenvalue weighted by molar-refractivity contribution is 6.31. The zero-order valence-corrected chi connectivity index (χ0v) is 18.8. The van der Waals surface area contributed by atoms with E-state index in [1.165, 1.54) is 12.1 Å². The lowest BCUT2D eigenvalue weighted by Crippen LogP contribution is -2.26. The Morgan fingerprint density at radius 1 is 1.15 bits per heavy atom. The molecule has 0 saturated carbocycles. The Morgan fingerprint density at radius 2 is 1.91 bits per heavy atom. The summed E-state index contributed by atoms with van der Waals surface area (Å²) in [6.07, 6.45) is -1.18. The van der Waals surface area contributed by atoms with Gasteiger partial charge in [0.25, 0.3) is 5.91 Å². The summed E-state index contributed by atoms with van der Waals surface area (Å²) in [5, 5.41) is 3.24. The minimum atomic E-state index is -4.72. The Labute approximate surface area is 199 Å². The highest BCUT2D eigenvalue weighted by atomic mass is 35.5. The molecule has 1 aromatic heterocycles. The third-order valence-corrected chi connectivity index (χ3v) is 5.33. The maximum atomic E-state index is 12.5. The largest absolute Gasteiger partial charge is 0.573 e. The van der Waals surface area contributed by atoms with Crippen LogP contribution in [0, 0.1) is 0 Å². The van der Waals surface area contributed by atoms with E-state index in [2.05, 4.69) is 19.9 Å². The molecule has 6 nitrogen and oxygen atoms in total. The van der Waals surface area contributed by atoms with E-state index >= 15 is 0 Å². The number of carbonyl (C=O) groups excluding carboxylic acids is 1. The number of aromatic nitrogens is 1. The second kappa shape index (κ2) is 9.64. The summed E-state index contributed by atoms with van der Waals surface area (Å²) in [4.78, 5) is 20.7. The van der Waals surface area contributed by atoms with Gasteiger partial charge in [0.15, 0.2) is 0 Å². The molecule has 0 fully saturated rings. The van der Waals surface area contributed by atoms with Gasteiger partial charge in [0.05, 0.1) is 6.67 Å². The molecule has 0 spiro atoms. The minimum absolute atomic E-state index is 0.267. The summed E-state index contributed by atoms with van der Waals surface area (Å²) in [5.41, 5.74) is 3.08. The highest BCUT2D eigenvalue weighted by Crippen LogP contribution is 2.29. The number of rotatable bonds is 6. The fourth-order valence-electron chi connectivity index (χ4n) is 3.49. The van der Waals surface area contributed by atoms with Crippen LogP contribution < -0.4 is 15.0 Å². The number of amides is 1. The van der Waals surface area contributed by atoms with Crippen LogP contribution in [0.3, 0.4) is 0 Å². The molecule has 2 heterocycles. The van der Waals surface area contributed by atoms with Gasteiger partial charge >= 0.3 is 6.36 Å². The van der Waals surface area contributed by atoms with Gasteiger partial charge in [-0.25, -0.2) is 4.98 Å². The molecule has 10 heteroatoms. The second-order valence-corrected chi connectivity index (χ2v) is 8.07. The lowest BCUT2D eigenvalue weighted by molar-refractivity contribution is -0.274. The van der Waals surface area contributed by atoms with E-state index in [9.17, 15) is 18.0 Å². The summed E-state index contributed by atoms with van der Waals surface area (Å²) in [6, 6.07) is 16.0. The van der Waals surface area contributed by atoms with Gasteiger partial charge in [-0.2, -0.15) is 0 Å². The monoisotopic (exact) mass is 488 g/mol. The topological polar surface area (TPSA) is 57.7 Å². The third kappa shape index (κ3) is 5.99. The van der Waals surface area contributed by atoms with Crippen LogP contribution in [0.2, 0.25) is 5.02 Å². The Bertz CT molecular complexity index is 1220. The van der Waals surface area contributed by atoms with Gasteiger partial charge in [-0.1, -0.05) is 17.7 Å². The summed E-state index contributed by atoms with van der Waals surface area (Å²) in [7, 11) is 0. The molecule has 4 rings (SSSR count). The number of nitrogens with zero attached hydrogens (tertiary/aromatic N) is 3. The Kier molecular flexibility index (Phi) is 6.65. The van der Waals surface area contributed by atoms with Crippen molar-refractivity contribution in [3.63, 3.8) is 0 Å². The van der Waals surface area contributed by atoms with Crippen molar-refractivity contribution in [2.45, 2.75) is 19.8 Å². The van der Waals surface area contributed by atoms with Gasteiger partial charge in [-0.15, -0.1) is 13.2 Å². The number of alkyl halides is 3. The molecular formula is C24H20ClF3N4O2. The fourth-order valence-corrected chi connectivity index (χ4v) is 3.68. The summed E-state index contributed by atoms with van der Waals surface area (Å²) in [5.74, 6) is -0.161. The number of halogens is 4. The molecule has 0 unspecified atom stereocenters. The van der Waals surface area contributed by atoms with Crippen LogP contribution in [0.5, 0.6) is 5.75 Å². The molecule has 34 heavy (non-hydrogen) atoms. The van der Waals surface area contributed by atoms with Gasteiger partial charge < -0.3 is 19.9 Å². The van der Waals surface area contributed by atoms with E-state index in [0.29, 0.717) is 29.6 Å². The number of nitrogens with one attached hydrogen (secondary N) is 1. The first kappa shape index (κ1) is 23.4. The quantitative estimate of drug-likeness (QED) is 0.459. The number of allylic oxidation sites excluding steroid dienone is 1. The van der Waals surface area contributed by atoms with E-state index in [4.69, 9.17) is 11.6 Å². The van der Waals surface area contributed by atoms with E-state index < -0.39 is 6.36 Å². The molecule has 2 aromatic carbocycles. The standard InChI is InChI=1S/C24H20ClF3N4O2/c1-16-13-32(20-5-7-21(8-6-20)34-24(26,27)28)15-31(16)14-17-9-10-29-22(11-17)30-23(33)18-3-2-4-19(25)12-18/h2-13H,14-15H2,1H3,(H,29,30,33). The zero-order valence-electron chi connectivity index (χ0n) is 18.0. The average Bonchev–Trinajstić information content (AvgIpc) is 3.13. The number of benzene rings is 2. The highest BCUT2D eigenvalue weighted by Gasteiger charge is 2.31. The van der Waals surface area contributed by atoms with Crippen molar-refractivity contribution in [2.75, 3.05) is 16.9 Å². The number of ether oxygens (including phenoxy) is 1. The van der Waals surface area contributed by atoms with Crippen LogP contribution in [0.4, 0.5) is 24.7 Å². The molecule has 1 aliphatic rings. The molecule has 1 N–H and O–H groups in total. The molecule has 176 valence electrons. The van der Waals surface area contributed by atoms with E-state index in [1.54, 1.807) is 48.7 Å². The van der Waals surface area contributed by atoms with Crippen LogP contribution in [0.1, 0.15) is 22.8 Å². The molecule has 0 saturated heterocycles. The first-order valence-electron chi connectivity index (χ1n) is 10.2. The molecule has 0 bridgehead atoms. The van der Waals surface area contributed by atoms with Crippen LogP contribution in [0.25, 0.3) is 0 Å². The van der Waals surface area contributed by atoms with Crippen LogP contribution in [-0.2, 0) is 6.54 Å². The Balaban J connectivity index is 1.39. The van der Waals surface area contributed by atoms with Crippen molar-refractivity contribution in [3.8, 4) is 5.75 Å². The number of hydrogen-bond acceptors (Lipinski definition) is 5. The first-order chi connectivity index (χ1) is 16.2. The predicted octanol–water partition coefficient (Wildman–Crippen LogP) is 6.03. The lowest BCUT2D eigenvalue weighted by atomic mass is 10.2. The normalized spacial score (nSPS) is 13.6. The molecule has 1 aliphatic heterocycles. The number of pyridine rings is 1. The van der Waals surface area contributed by atoms with Gasteiger partial charge in [-0.05, 0) is 67.1 Å². The summed E-state index contributed by atoms with van der Waals surface area (Å²) >= 11 is 5.95. The molecular weight excluding hydrogens is 469 g/mol. The number of anilines is 2. The second-order valence-electron chi connectivity index (χ2n) is 7.64. The van der Waals surface area contributed by atoms with E-state index in [0.717, 1.165) is 16.9 Å². The first-order valence-corrected chi connectivity index (χ1v) is 10.6. The van der Waals surface area contributed by atoms with Crippen LogP contribution in [0.15, 0.2) is 78.8 Å². The minimum Gasteiger partial charge on any atom is -0.406 e. The predicted molar refractivity (Wildman–Crippen MR) is 123 cm³/mol. The van der Waals surface area contributed by atoms with Crippen molar-refractivity contribution in [3.05, 3.63) is 94.9 Å². The van der Waals surface area contributed by atoms with Crippen molar-refractivity contribution < 1.29 is 22.7 Å². The number of carbonyl (C=O) groups is 1. The van der Waals surface area contributed by atoms with Crippen molar-refractivity contribution in [1.82, 2.24) is 9.88 Å². The molecule has 0 radical (unpaired) electrons. The molecule has 0 aliphatic carbocycles. The van der Waals surface area contributed by atoms with Crippen LogP contribution >= 0.6 is 11.6 Å². The average molecular weight is 489 g/mol. The fraction of sp³-hybridized carbons (Fsp3) is 0.167. The smallest absolute Gasteiger partial charge is 0.406 e. The molecule has 0 atom stereocenters. The van der Waals surface area contributed by atoms with Gasteiger partial charge in [0, 0.05) is 40.9 Å². The summed E-state index contributed by atoms with van der Waals surface area (Å²) < 4.78 is 41.0. The van der Waals surface area contributed by atoms with Gasteiger partial charge in [0.1, 0.15) is 11.6 Å². The molecule has 3 aromatic rings. The summed E-state index contributed by atoms with van der Waals surface area (Å²) in [6.45, 7) is 3.01. The van der Waals surface area contributed by atoms with Crippen LogP contribution in [-0.4, -0.2) is 28.8 Å². The number of hydrogen-bond donors (Lipinski definition) is 1. The van der Waals surface area contributed by atoms with Crippen molar-refractivity contribution >= 4 is 29.0 Å². The van der Waals surface area contributed by atoms with Gasteiger partial charge in [-0.3, -0.25) is 4.79 Å². The maximum Gasteiger partial charge on any atom is 0.573 e. The Morgan fingerprint density at radius 3 is 2.62 bits per heavy atom. The van der Waals surface area contributed by atoms with Crippen molar-refractivity contribution in [2.24, 2.45) is 0 Å². The Hall–Kier alpha value is -3.72. The van der Waals surface area contributed by atoms with Crippen molar-refractivity contribution in [1.29, 1.82) is 0 Å². The third-order valence-electron chi connectivity index (χ3n) is 5.09. The van der Waals surface area contributed by atoms with E-state index in [1.807, 2.05) is 24.1 Å². The zero-order chi connectivity index (χ0) is 24.3. The molecule has 1 amide bonds. The van der Waals surface area contributed by atoms with Gasteiger partial charge in [0.2, 0.25) is 0 Å². The van der Waals surface area contributed by atoms with E-state index in [-0.39, 0.29) is 11.7 Å². The SMILES string of the molecule is CC1=CN(c2ccc(OC(F)(F)F)cc2)CN1Cc1ccnc(NC(=O)c2cccc(Cl)c2)c1. The lowest BCUT2D eigenvalue weighted by Gasteiger charge is -2.23.